The first-order valence-electron chi connectivity index (χ1n) is 9.10. The normalized spacial score (nSPS) is 34.8. The van der Waals surface area contributed by atoms with E-state index in [0.29, 0.717) is 0 Å². The van der Waals surface area contributed by atoms with Gasteiger partial charge in [0.1, 0.15) is 0 Å². The zero-order valence-corrected chi connectivity index (χ0v) is 13.3. The van der Waals surface area contributed by atoms with Crippen LogP contribution >= 0.6 is 0 Å². The zero-order chi connectivity index (χ0) is 13.8. The molecule has 3 aliphatic heterocycles. The third-order valence-corrected chi connectivity index (χ3v) is 5.71. The third-order valence-electron chi connectivity index (χ3n) is 5.71. The Balaban J connectivity index is 1.61. The first-order chi connectivity index (χ1) is 9.88. The van der Waals surface area contributed by atoms with Crippen LogP contribution < -0.4 is 5.32 Å². The Hall–Kier alpha value is -0.120. The highest BCUT2D eigenvalue weighted by Crippen LogP contribution is 2.31. The van der Waals surface area contributed by atoms with E-state index in [1.165, 1.54) is 84.1 Å². The molecule has 3 saturated heterocycles. The lowest BCUT2D eigenvalue weighted by atomic mass is 9.97. The van der Waals surface area contributed by atoms with Crippen molar-refractivity contribution in [3.63, 3.8) is 0 Å². The summed E-state index contributed by atoms with van der Waals surface area (Å²) in [6, 6.07) is 2.50. The van der Waals surface area contributed by atoms with Crippen molar-refractivity contribution >= 4 is 0 Å². The van der Waals surface area contributed by atoms with Gasteiger partial charge in [-0.3, -0.25) is 9.80 Å². The SMILES string of the molecule is CCCCN(CC1CCCN1)C1CCN2CCCCC12. The maximum atomic E-state index is 3.70. The molecule has 116 valence electrons. The van der Waals surface area contributed by atoms with Crippen LogP contribution in [0.2, 0.25) is 0 Å². The molecule has 0 aromatic carbocycles. The van der Waals surface area contributed by atoms with Gasteiger partial charge in [-0.1, -0.05) is 19.8 Å². The first kappa shape index (κ1) is 14.8. The van der Waals surface area contributed by atoms with Crippen molar-refractivity contribution in [3.05, 3.63) is 0 Å². The standard InChI is InChI=1S/C17H33N3/c1-2-3-11-20(14-15-7-6-10-18-15)17-9-13-19-12-5-4-8-16(17)19/h15-18H,2-14H2,1H3. The van der Waals surface area contributed by atoms with Gasteiger partial charge in [0, 0.05) is 31.2 Å². The lowest BCUT2D eigenvalue weighted by molar-refractivity contribution is 0.106. The molecule has 0 spiro atoms. The molecule has 3 heteroatoms. The molecule has 3 unspecified atom stereocenters. The van der Waals surface area contributed by atoms with Gasteiger partial charge >= 0.3 is 0 Å². The zero-order valence-electron chi connectivity index (χ0n) is 13.3. The monoisotopic (exact) mass is 279 g/mol. The molecule has 0 bridgehead atoms. The quantitative estimate of drug-likeness (QED) is 0.806. The van der Waals surface area contributed by atoms with Crippen LogP contribution in [0.25, 0.3) is 0 Å². The molecular formula is C17H33N3. The van der Waals surface area contributed by atoms with E-state index in [9.17, 15) is 0 Å². The summed E-state index contributed by atoms with van der Waals surface area (Å²) >= 11 is 0. The number of nitrogens with zero attached hydrogens (tertiary/aromatic N) is 2. The summed E-state index contributed by atoms with van der Waals surface area (Å²) in [5.41, 5.74) is 0. The highest BCUT2D eigenvalue weighted by molar-refractivity contribution is 4.96. The molecule has 3 nitrogen and oxygen atoms in total. The highest BCUT2D eigenvalue weighted by atomic mass is 15.3. The summed E-state index contributed by atoms with van der Waals surface area (Å²) in [4.78, 5) is 5.65. The van der Waals surface area contributed by atoms with Crippen molar-refractivity contribution in [2.75, 3.05) is 32.7 Å². The van der Waals surface area contributed by atoms with Crippen molar-refractivity contribution in [2.45, 2.75) is 76.4 Å². The molecule has 0 aromatic heterocycles. The second kappa shape index (κ2) is 7.24. The molecule has 3 heterocycles. The fourth-order valence-electron chi connectivity index (χ4n) is 4.60. The van der Waals surface area contributed by atoms with Gasteiger partial charge in [0.25, 0.3) is 0 Å². The van der Waals surface area contributed by atoms with E-state index < -0.39 is 0 Å². The first-order valence-corrected chi connectivity index (χ1v) is 9.10. The average molecular weight is 279 g/mol. The molecule has 0 radical (unpaired) electrons. The molecule has 20 heavy (non-hydrogen) atoms. The molecular weight excluding hydrogens is 246 g/mol. The number of unbranched alkanes of at least 4 members (excludes halogenated alkanes) is 1. The maximum Gasteiger partial charge on any atom is 0.0264 e. The van der Waals surface area contributed by atoms with E-state index in [1.807, 2.05) is 0 Å². The number of hydrogen-bond donors (Lipinski definition) is 1. The van der Waals surface area contributed by atoms with Gasteiger partial charge in [-0.05, 0) is 58.2 Å². The molecule has 3 aliphatic rings. The Kier molecular flexibility index (Phi) is 5.36. The summed E-state index contributed by atoms with van der Waals surface area (Å²) in [7, 11) is 0. The lowest BCUT2D eigenvalue weighted by Crippen LogP contribution is -2.50. The molecule has 0 aromatic rings. The fourth-order valence-corrected chi connectivity index (χ4v) is 4.60. The van der Waals surface area contributed by atoms with E-state index in [0.717, 1.165) is 18.1 Å². The van der Waals surface area contributed by atoms with Crippen molar-refractivity contribution in [1.29, 1.82) is 0 Å². The lowest BCUT2D eigenvalue weighted by Gasteiger charge is -2.39. The van der Waals surface area contributed by atoms with Crippen molar-refractivity contribution in [3.8, 4) is 0 Å². The number of piperidine rings is 1. The average Bonchev–Trinajstić information content (AvgIpc) is 3.12. The number of rotatable bonds is 6. The number of hydrogen-bond acceptors (Lipinski definition) is 3. The summed E-state index contributed by atoms with van der Waals surface area (Å²) < 4.78 is 0. The predicted molar refractivity (Wildman–Crippen MR) is 85.1 cm³/mol. The van der Waals surface area contributed by atoms with Gasteiger partial charge in [0.2, 0.25) is 0 Å². The Labute approximate surface area is 125 Å². The van der Waals surface area contributed by atoms with Gasteiger partial charge < -0.3 is 5.32 Å². The van der Waals surface area contributed by atoms with Gasteiger partial charge in [-0.25, -0.2) is 0 Å². The van der Waals surface area contributed by atoms with Crippen LogP contribution in [0.3, 0.4) is 0 Å². The Morgan fingerprint density at radius 1 is 1.10 bits per heavy atom. The van der Waals surface area contributed by atoms with Crippen LogP contribution in [0.15, 0.2) is 0 Å². The van der Waals surface area contributed by atoms with E-state index >= 15 is 0 Å². The fraction of sp³-hybridized carbons (Fsp3) is 1.00. The topological polar surface area (TPSA) is 18.5 Å². The van der Waals surface area contributed by atoms with E-state index in [1.54, 1.807) is 0 Å². The van der Waals surface area contributed by atoms with Crippen molar-refractivity contribution in [2.24, 2.45) is 0 Å². The molecule has 3 fully saturated rings. The summed E-state index contributed by atoms with van der Waals surface area (Å²) in [6.45, 7) is 8.92. The predicted octanol–water partition coefficient (Wildman–Crippen LogP) is 2.47. The second-order valence-electron chi connectivity index (χ2n) is 7.10. The Morgan fingerprint density at radius 2 is 2.05 bits per heavy atom. The van der Waals surface area contributed by atoms with Gasteiger partial charge in [0.15, 0.2) is 0 Å². The minimum absolute atomic E-state index is 0.768. The Morgan fingerprint density at radius 3 is 2.85 bits per heavy atom. The van der Waals surface area contributed by atoms with E-state index in [4.69, 9.17) is 0 Å². The number of fused-ring (bicyclic) bond motifs is 1. The molecule has 1 N–H and O–H groups in total. The Bertz CT molecular complexity index is 288. The van der Waals surface area contributed by atoms with Crippen LogP contribution in [0.4, 0.5) is 0 Å². The molecule has 0 aliphatic carbocycles. The largest absolute Gasteiger partial charge is 0.313 e. The highest BCUT2D eigenvalue weighted by Gasteiger charge is 2.39. The number of nitrogens with one attached hydrogen (secondary N) is 1. The van der Waals surface area contributed by atoms with E-state index in [2.05, 4.69) is 22.0 Å². The van der Waals surface area contributed by atoms with E-state index in [-0.39, 0.29) is 0 Å². The molecule has 0 amide bonds. The summed E-state index contributed by atoms with van der Waals surface area (Å²) in [6.07, 6.45) is 11.2. The third kappa shape index (κ3) is 3.37. The summed E-state index contributed by atoms with van der Waals surface area (Å²) in [5, 5.41) is 3.70. The van der Waals surface area contributed by atoms with Crippen LogP contribution in [0, 0.1) is 0 Å². The van der Waals surface area contributed by atoms with Gasteiger partial charge in [-0.15, -0.1) is 0 Å². The molecule has 3 atom stereocenters. The van der Waals surface area contributed by atoms with Crippen LogP contribution in [0.5, 0.6) is 0 Å². The van der Waals surface area contributed by atoms with Crippen LogP contribution in [0.1, 0.15) is 58.3 Å². The second-order valence-corrected chi connectivity index (χ2v) is 7.10. The van der Waals surface area contributed by atoms with Crippen molar-refractivity contribution < 1.29 is 0 Å². The van der Waals surface area contributed by atoms with Gasteiger partial charge in [-0.2, -0.15) is 0 Å². The maximum absolute atomic E-state index is 3.70. The summed E-state index contributed by atoms with van der Waals surface area (Å²) in [5.74, 6) is 0. The minimum atomic E-state index is 0.768. The van der Waals surface area contributed by atoms with Crippen molar-refractivity contribution in [1.82, 2.24) is 15.1 Å². The van der Waals surface area contributed by atoms with Crippen LogP contribution in [-0.2, 0) is 0 Å². The smallest absolute Gasteiger partial charge is 0.0264 e. The van der Waals surface area contributed by atoms with Crippen LogP contribution in [-0.4, -0.2) is 60.6 Å². The molecule has 3 rings (SSSR count). The van der Waals surface area contributed by atoms with Gasteiger partial charge in [0.05, 0.1) is 0 Å². The molecule has 0 saturated carbocycles. The minimum Gasteiger partial charge on any atom is -0.313 e.